The number of nitrogens with zero attached hydrogens (tertiary/aromatic N) is 1. The Hall–Kier alpha value is -0.200. The van der Waals surface area contributed by atoms with E-state index in [4.69, 9.17) is 15.9 Å². The van der Waals surface area contributed by atoms with Gasteiger partial charge in [0.1, 0.15) is 18.7 Å². The number of nitrogens with two attached hydrogens (primary N) is 1. The first kappa shape index (κ1) is 11.8. The van der Waals surface area contributed by atoms with Crippen LogP contribution in [0.25, 0.3) is 0 Å². The molecular formula is C7H18N2O3. The molecule has 0 aromatic carbocycles. The minimum absolute atomic E-state index is 0.317. The van der Waals surface area contributed by atoms with Gasteiger partial charge in [-0.15, -0.1) is 0 Å². The van der Waals surface area contributed by atoms with Crippen molar-refractivity contribution in [2.45, 2.75) is 39.0 Å². The lowest BCUT2D eigenvalue weighted by Crippen LogP contribution is -2.48. The van der Waals surface area contributed by atoms with Crippen LogP contribution in [0.4, 0.5) is 0 Å². The standard InChI is InChI=1S/C7H18N2O3/c1-5(10)9(6(2)11)7(12)3-4-8/h5-7,10-12H,3-4,8H2,1-2H3. The van der Waals surface area contributed by atoms with Crippen LogP contribution in [0.5, 0.6) is 0 Å². The van der Waals surface area contributed by atoms with E-state index in [1.165, 1.54) is 18.7 Å². The van der Waals surface area contributed by atoms with Gasteiger partial charge in [0.25, 0.3) is 0 Å². The summed E-state index contributed by atoms with van der Waals surface area (Å²) in [4.78, 5) is 1.17. The molecule has 0 rings (SSSR count). The maximum absolute atomic E-state index is 9.38. The molecule has 0 saturated heterocycles. The normalized spacial score (nSPS) is 19.2. The molecule has 5 nitrogen and oxygen atoms in total. The van der Waals surface area contributed by atoms with Gasteiger partial charge in [-0.25, -0.2) is 4.90 Å². The van der Waals surface area contributed by atoms with Crippen LogP contribution in [0.15, 0.2) is 0 Å². The molecule has 0 heterocycles. The summed E-state index contributed by atoms with van der Waals surface area (Å²) < 4.78 is 0. The molecule has 0 spiro atoms. The van der Waals surface area contributed by atoms with Gasteiger partial charge in [0.15, 0.2) is 0 Å². The Morgan fingerprint density at radius 2 is 1.58 bits per heavy atom. The third-order valence-corrected chi connectivity index (χ3v) is 1.63. The molecule has 0 aliphatic rings. The topological polar surface area (TPSA) is 90.0 Å². The first-order valence-electron chi connectivity index (χ1n) is 4.02. The SMILES string of the molecule is CC(O)N(C(C)O)C(O)CCN. The number of hydrogen-bond donors (Lipinski definition) is 4. The van der Waals surface area contributed by atoms with E-state index in [2.05, 4.69) is 0 Å². The van der Waals surface area contributed by atoms with Crippen molar-refractivity contribution in [1.82, 2.24) is 4.90 Å². The molecule has 3 atom stereocenters. The van der Waals surface area contributed by atoms with Crippen molar-refractivity contribution in [2.24, 2.45) is 5.73 Å². The fourth-order valence-electron chi connectivity index (χ4n) is 1.11. The molecular weight excluding hydrogens is 160 g/mol. The second kappa shape index (κ2) is 5.45. The summed E-state index contributed by atoms with van der Waals surface area (Å²) in [6, 6.07) is 0. The lowest BCUT2D eigenvalue weighted by Gasteiger charge is -2.32. The Morgan fingerprint density at radius 1 is 1.17 bits per heavy atom. The number of aliphatic hydroxyl groups is 3. The Balaban J connectivity index is 4.09. The van der Waals surface area contributed by atoms with Crippen molar-refractivity contribution in [3.05, 3.63) is 0 Å². The fourth-order valence-corrected chi connectivity index (χ4v) is 1.11. The van der Waals surface area contributed by atoms with E-state index in [0.29, 0.717) is 13.0 Å². The molecule has 5 heteroatoms. The highest BCUT2D eigenvalue weighted by Gasteiger charge is 2.23. The van der Waals surface area contributed by atoms with E-state index in [0.717, 1.165) is 0 Å². The molecule has 0 amide bonds. The minimum Gasteiger partial charge on any atom is -0.379 e. The predicted octanol–water partition coefficient (Wildman–Crippen LogP) is -1.37. The average molecular weight is 178 g/mol. The predicted molar refractivity (Wildman–Crippen MR) is 44.9 cm³/mol. The molecule has 0 saturated carbocycles. The van der Waals surface area contributed by atoms with Gasteiger partial charge in [0.2, 0.25) is 0 Å². The van der Waals surface area contributed by atoms with Crippen molar-refractivity contribution < 1.29 is 15.3 Å². The largest absolute Gasteiger partial charge is 0.379 e. The van der Waals surface area contributed by atoms with Crippen molar-refractivity contribution in [2.75, 3.05) is 6.54 Å². The molecule has 12 heavy (non-hydrogen) atoms. The molecule has 0 aliphatic carbocycles. The maximum Gasteiger partial charge on any atom is 0.112 e. The van der Waals surface area contributed by atoms with Gasteiger partial charge in [-0.2, -0.15) is 0 Å². The second-order valence-electron chi connectivity index (χ2n) is 2.77. The van der Waals surface area contributed by atoms with Crippen LogP contribution in [0.2, 0.25) is 0 Å². The monoisotopic (exact) mass is 178 g/mol. The second-order valence-corrected chi connectivity index (χ2v) is 2.77. The number of aliphatic hydroxyl groups excluding tert-OH is 3. The van der Waals surface area contributed by atoms with Crippen molar-refractivity contribution >= 4 is 0 Å². The summed E-state index contributed by atoms with van der Waals surface area (Å²) in [6.07, 6.45) is -2.33. The van der Waals surface area contributed by atoms with Gasteiger partial charge in [-0.3, -0.25) is 0 Å². The van der Waals surface area contributed by atoms with Crippen LogP contribution in [-0.2, 0) is 0 Å². The van der Waals surface area contributed by atoms with Crippen molar-refractivity contribution in [1.29, 1.82) is 0 Å². The molecule has 0 bridgehead atoms. The lowest BCUT2D eigenvalue weighted by atomic mass is 10.3. The van der Waals surface area contributed by atoms with E-state index in [1.54, 1.807) is 0 Å². The van der Waals surface area contributed by atoms with E-state index in [1.807, 2.05) is 0 Å². The molecule has 5 N–H and O–H groups in total. The highest BCUT2D eigenvalue weighted by Crippen LogP contribution is 2.07. The van der Waals surface area contributed by atoms with E-state index in [9.17, 15) is 5.11 Å². The van der Waals surface area contributed by atoms with E-state index >= 15 is 0 Å². The van der Waals surface area contributed by atoms with Crippen LogP contribution < -0.4 is 5.73 Å². The number of rotatable bonds is 5. The van der Waals surface area contributed by atoms with Crippen LogP contribution in [0, 0.1) is 0 Å². The Labute approximate surface area is 72.4 Å². The highest BCUT2D eigenvalue weighted by molar-refractivity contribution is 4.63. The van der Waals surface area contributed by atoms with Gasteiger partial charge in [0, 0.05) is 0 Å². The molecule has 0 fully saturated rings. The van der Waals surface area contributed by atoms with Gasteiger partial charge >= 0.3 is 0 Å². The third kappa shape index (κ3) is 3.46. The maximum atomic E-state index is 9.38. The molecule has 74 valence electrons. The number of hydrogen-bond acceptors (Lipinski definition) is 5. The summed E-state index contributed by atoms with van der Waals surface area (Å²) in [5.74, 6) is 0. The zero-order valence-corrected chi connectivity index (χ0v) is 7.51. The van der Waals surface area contributed by atoms with Crippen LogP contribution in [-0.4, -0.2) is 45.4 Å². The summed E-state index contributed by atoms with van der Waals surface area (Å²) in [5.41, 5.74) is 5.22. The quantitative estimate of drug-likeness (QED) is 0.390. The Kier molecular flexibility index (Phi) is 5.36. The van der Waals surface area contributed by atoms with Crippen molar-refractivity contribution in [3.63, 3.8) is 0 Å². The van der Waals surface area contributed by atoms with Crippen LogP contribution >= 0.6 is 0 Å². The third-order valence-electron chi connectivity index (χ3n) is 1.63. The fraction of sp³-hybridized carbons (Fsp3) is 1.00. The van der Waals surface area contributed by atoms with Crippen LogP contribution in [0.1, 0.15) is 20.3 Å². The minimum atomic E-state index is -0.894. The average Bonchev–Trinajstić information content (AvgIpc) is 1.85. The first-order chi connectivity index (χ1) is 5.50. The smallest absolute Gasteiger partial charge is 0.112 e. The van der Waals surface area contributed by atoms with E-state index in [-0.39, 0.29) is 0 Å². The molecule has 0 aromatic rings. The zero-order chi connectivity index (χ0) is 9.72. The van der Waals surface area contributed by atoms with Gasteiger partial charge in [-0.05, 0) is 26.8 Å². The highest BCUT2D eigenvalue weighted by atomic mass is 16.4. The zero-order valence-electron chi connectivity index (χ0n) is 7.51. The summed E-state index contributed by atoms with van der Waals surface area (Å²) >= 11 is 0. The van der Waals surface area contributed by atoms with Gasteiger partial charge in [0.05, 0.1) is 0 Å². The van der Waals surface area contributed by atoms with Gasteiger partial charge < -0.3 is 21.1 Å². The summed E-state index contributed by atoms with van der Waals surface area (Å²) in [5, 5.41) is 27.7. The summed E-state index contributed by atoms with van der Waals surface area (Å²) in [6.45, 7) is 3.27. The first-order valence-corrected chi connectivity index (χ1v) is 4.02. The van der Waals surface area contributed by atoms with Gasteiger partial charge in [-0.1, -0.05) is 0 Å². The van der Waals surface area contributed by atoms with E-state index < -0.39 is 18.7 Å². The van der Waals surface area contributed by atoms with Crippen LogP contribution in [0.3, 0.4) is 0 Å². The molecule has 0 aromatic heterocycles. The summed E-state index contributed by atoms with van der Waals surface area (Å²) in [7, 11) is 0. The molecule has 0 aliphatic heterocycles. The Bertz CT molecular complexity index is 111. The Morgan fingerprint density at radius 3 is 1.83 bits per heavy atom. The lowest BCUT2D eigenvalue weighted by molar-refractivity contribution is -0.167. The molecule has 0 radical (unpaired) electrons. The van der Waals surface area contributed by atoms with Crippen molar-refractivity contribution in [3.8, 4) is 0 Å². The molecule has 3 unspecified atom stereocenters.